The van der Waals surface area contributed by atoms with Gasteiger partial charge >= 0.3 is 0 Å². The van der Waals surface area contributed by atoms with E-state index in [9.17, 15) is 4.79 Å². The Morgan fingerprint density at radius 3 is 3.16 bits per heavy atom. The molecular formula is C14H20N4O. The van der Waals surface area contributed by atoms with Gasteiger partial charge in [0.2, 0.25) is 0 Å². The first-order valence-corrected chi connectivity index (χ1v) is 6.86. The quantitative estimate of drug-likeness (QED) is 0.743. The number of fused-ring (bicyclic) bond motifs is 3. The molecule has 3 rings (SSSR count). The van der Waals surface area contributed by atoms with Gasteiger partial charge in [-0.15, -0.1) is 0 Å². The molecule has 0 aromatic rings. The van der Waals surface area contributed by atoms with E-state index in [4.69, 9.17) is 0 Å². The first-order valence-electron chi connectivity index (χ1n) is 6.86. The first-order chi connectivity index (χ1) is 9.20. The molecule has 0 saturated carbocycles. The highest BCUT2D eigenvalue weighted by molar-refractivity contribution is 5.85. The van der Waals surface area contributed by atoms with Gasteiger partial charge in [-0.25, -0.2) is 5.43 Å². The van der Waals surface area contributed by atoms with Gasteiger partial charge in [0.05, 0.1) is 12.6 Å². The standard InChI is InChI=1S/C14H20N4O/c1-3-16-18-8-10-7-11(19)9-17(2)13(10)12-5-4-6-15-14(12)18/h5-6,8,13-14,16H,3-4,7,9H2,1-2H3. The Hall–Kier alpha value is -1.46. The van der Waals surface area contributed by atoms with Gasteiger partial charge in [-0.05, 0) is 18.2 Å². The average molecular weight is 260 g/mol. The molecule has 0 aromatic heterocycles. The van der Waals surface area contributed by atoms with Crippen molar-refractivity contribution in [1.82, 2.24) is 15.3 Å². The number of rotatable bonds is 2. The van der Waals surface area contributed by atoms with Gasteiger partial charge in [0.15, 0.2) is 11.9 Å². The van der Waals surface area contributed by atoms with E-state index in [1.54, 1.807) is 0 Å². The number of hydrogen-bond donors (Lipinski definition) is 1. The Morgan fingerprint density at radius 1 is 1.53 bits per heavy atom. The zero-order valence-electron chi connectivity index (χ0n) is 11.5. The summed E-state index contributed by atoms with van der Waals surface area (Å²) in [6, 6.07) is 0.245. The lowest BCUT2D eigenvalue weighted by Crippen LogP contribution is -2.55. The maximum atomic E-state index is 11.8. The fraction of sp³-hybridized carbons (Fsp3) is 0.571. The summed E-state index contributed by atoms with van der Waals surface area (Å²) in [5, 5.41) is 2.04. The van der Waals surface area contributed by atoms with Crippen molar-refractivity contribution in [2.24, 2.45) is 4.99 Å². The Balaban J connectivity index is 2.00. The van der Waals surface area contributed by atoms with Crippen LogP contribution >= 0.6 is 0 Å². The largest absolute Gasteiger partial charge is 0.298 e. The number of ketones is 1. The smallest absolute Gasteiger partial charge is 0.157 e. The van der Waals surface area contributed by atoms with E-state index in [1.165, 1.54) is 11.1 Å². The first kappa shape index (κ1) is 12.6. The minimum absolute atomic E-state index is 0.0399. The molecule has 3 aliphatic rings. The van der Waals surface area contributed by atoms with E-state index in [0.29, 0.717) is 18.7 Å². The molecule has 5 heteroatoms. The van der Waals surface area contributed by atoms with E-state index >= 15 is 0 Å². The van der Waals surface area contributed by atoms with Crippen LogP contribution in [0.4, 0.5) is 0 Å². The lowest BCUT2D eigenvalue weighted by Gasteiger charge is -2.45. The number of Topliss-reactive ketones (excluding diaryl/α,β-unsaturated/α-hetero) is 1. The molecule has 1 fully saturated rings. The molecule has 0 bridgehead atoms. The van der Waals surface area contributed by atoms with E-state index in [1.807, 2.05) is 18.3 Å². The lowest BCUT2D eigenvalue weighted by atomic mass is 9.85. The van der Waals surface area contributed by atoms with Gasteiger partial charge in [-0.2, -0.15) is 0 Å². The van der Waals surface area contributed by atoms with Crippen LogP contribution in [0.25, 0.3) is 0 Å². The summed E-state index contributed by atoms with van der Waals surface area (Å²) in [6.07, 6.45) is 7.78. The van der Waals surface area contributed by atoms with Crippen molar-refractivity contribution in [2.75, 3.05) is 20.1 Å². The SMILES string of the molecule is CCNN1C=C2CC(=O)CN(C)C2C2=CCC=NC21. The predicted octanol–water partition coefficient (Wildman–Crippen LogP) is 0.711. The summed E-state index contributed by atoms with van der Waals surface area (Å²) in [5.41, 5.74) is 5.80. The molecule has 2 unspecified atom stereocenters. The number of likely N-dealkylation sites (tertiary alicyclic amines) is 1. The van der Waals surface area contributed by atoms with Gasteiger partial charge in [0.1, 0.15) is 0 Å². The number of carbonyl (C=O) groups excluding carboxylic acids is 1. The van der Waals surface area contributed by atoms with Gasteiger partial charge < -0.3 is 0 Å². The molecule has 102 valence electrons. The number of allylic oxidation sites excluding steroid dienone is 1. The van der Waals surface area contributed by atoms with Crippen molar-refractivity contribution in [2.45, 2.75) is 32.0 Å². The second-order valence-electron chi connectivity index (χ2n) is 5.30. The minimum atomic E-state index is 0.0399. The van der Waals surface area contributed by atoms with Crippen molar-refractivity contribution in [3.8, 4) is 0 Å². The number of likely N-dealkylation sites (N-methyl/N-ethyl adjacent to an activating group) is 1. The van der Waals surface area contributed by atoms with E-state index in [0.717, 1.165) is 13.0 Å². The number of dihydropyridines is 1. The molecule has 19 heavy (non-hydrogen) atoms. The van der Waals surface area contributed by atoms with Crippen LogP contribution in [0.1, 0.15) is 19.8 Å². The second-order valence-corrected chi connectivity index (χ2v) is 5.30. The monoisotopic (exact) mass is 260 g/mol. The van der Waals surface area contributed by atoms with Crippen LogP contribution < -0.4 is 5.43 Å². The topological polar surface area (TPSA) is 47.9 Å². The van der Waals surface area contributed by atoms with Crippen molar-refractivity contribution in [3.63, 3.8) is 0 Å². The summed E-state index contributed by atoms with van der Waals surface area (Å²) >= 11 is 0. The zero-order chi connectivity index (χ0) is 13.4. The number of hydrazine groups is 1. The highest BCUT2D eigenvalue weighted by Crippen LogP contribution is 2.35. The summed E-state index contributed by atoms with van der Waals surface area (Å²) in [5.74, 6) is 0.291. The number of nitrogens with zero attached hydrogens (tertiary/aromatic N) is 3. The van der Waals surface area contributed by atoms with E-state index in [-0.39, 0.29) is 12.2 Å². The normalized spacial score (nSPS) is 30.6. The third-order valence-electron chi connectivity index (χ3n) is 3.85. The van der Waals surface area contributed by atoms with Gasteiger partial charge in [-0.1, -0.05) is 13.0 Å². The highest BCUT2D eigenvalue weighted by atomic mass is 16.1. The van der Waals surface area contributed by atoms with Crippen LogP contribution in [0.15, 0.2) is 28.4 Å². The maximum Gasteiger partial charge on any atom is 0.157 e. The van der Waals surface area contributed by atoms with Crippen LogP contribution in [0.5, 0.6) is 0 Å². The lowest BCUT2D eigenvalue weighted by molar-refractivity contribution is -0.121. The van der Waals surface area contributed by atoms with Crippen molar-refractivity contribution in [3.05, 3.63) is 23.4 Å². The molecule has 0 spiro atoms. The number of hydrogen-bond acceptors (Lipinski definition) is 5. The molecule has 1 saturated heterocycles. The fourth-order valence-electron chi connectivity index (χ4n) is 3.21. The van der Waals surface area contributed by atoms with Crippen LogP contribution in [0.3, 0.4) is 0 Å². The Kier molecular flexibility index (Phi) is 3.24. The molecule has 1 N–H and O–H groups in total. The Bertz CT molecular complexity index is 480. The number of piperidine rings is 1. The van der Waals surface area contributed by atoms with Crippen molar-refractivity contribution >= 4 is 12.0 Å². The molecule has 0 aliphatic carbocycles. The molecular weight excluding hydrogens is 240 g/mol. The molecule has 2 atom stereocenters. The van der Waals surface area contributed by atoms with Crippen LogP contribution in [-0.4, -0.2) is 54.3 Å². The Morgan fingerprint density at radius 2 is 2.37 bits per heavy atom. The summed E-state index contributed by atoms with van der Waals surface area (Å²) < 4.78 is 0. The number of aliphatic imine (C=N–C) groups is 1. The van der Waals surface area contributed by atoms with Crippen LogP contribution in [0.2, 0.25) is 0 Å². The molecule has 0 amide bonds. The molecule has 5 nitrogen and oxygen atoms in total. The predicted molar refractivity (Wildman–Crippen MR) is 74.6 cm³/mol. The van der Waals surface area contributed by atoms with Crippen LogP contribution in [0, 0.1) is 0 Å². The second kappa shape index (κ2) is 4.90. The third kappa shape index (κ3) is 2.13. The van der Waals surface area contributed by atoms with Gasteiger partial charge in [0.25, 0.3) is 0 Å². The average Bonchev–Trinajstić information content (AvgIpc) is 2.38. The number of carbonyl (C=O) groups is 1. The minimum Gasteiger partial charge on any atom is -0.298 e. The molecule has 3 aliphatic heterocycles. The Labute approximate surface area is 113 Å². The molecule has 0 radical (unpaired) electrons. The third-order valence-corrected chi connectivity index (χ3v) is 3.85. The molecule has 3 heterocycles. The summed E-state index contributed by atoms with van der Waals surface area (Å²) in [4.78, 5) is 18.5. The van der Waals surface area contributed by atoms with Crippen molar-refractivity contribution < 1.29 is 4.79 Å². The van der Waals surface area contributed by atoms with Crippen molar-refractivity contribution in [1.29, 1.82) is 0 Å². The van der Waals surface area contributed by atoms with Gasteiger partial charge in [-0.3, -0.25) is 19.7 Å². The highest BCUT2D eigenvalue weighted by Gasteiger charge is 2.39. The number of nitrogens with one attached hydrogen (secondary N) is 1. The summed E-state index contributed by atoms with van der Waals surface area (Å²) in [7, 11) is 2.02. The molecule has 0 aromatic carbocycles. The zero-order valence-corrected chi connectivity index (χ0v) is 11.5. The van der Waals surface area contributed by atoms with Crippen LogP contribution in [-0.2, 0) is 4.79 Å². The van der Waals surface area contributed by atoms with E-state index < -0.39 is 0 Å². The maximum absolute atomic E-state index is 11.8. The fourth-order valence-corrected chi connectivity index (χ4v) is 3.21. The van der Waals surface area contributed by atoms with Gasteiger partial charge in [0, 0.05) is 31.8 Å². The van der Waals surface area contributed by atoms with E-state index in [2.05, 4.69) is 34.5 Å². The summed E-state index contributed by atoms with van der Waals surface area (Å²) in [6.45, 7) is 3.45.